The van der Waals surface area contributed by atoms with Crippen LogP contribution < -0.4 is 15.6 Å². The summed E-state index contributed by atoms with van der Waals surface area (Å²) in [5, 5.41) is 13.6. The number of amides is 1. The van der Waals surface area contributed by atoms with E-state index >= 15 is 0 Å². The van der Waals surface area contributed by atoms with Crippen molar-refractivity contribution in [2.45, 2.75) is 4.90 Å². The molecule has 8 nitrogen and oxygen atoms in total. The lowest BCUT2D eigenvalue weighted by molar-refractivity contribution is 0.102. The summed E-state index contributed by atoms with van der Waals surface area (Å²) in [4.78, 5) is 25.1. The smallest absolute Gasteiger partial charge is 0.261 e. The standard InChI is InChI=1S/C23H18ClN3O5S/c1-27-20-8-3-2-7-17(20)18(13-22(27)29)23(30)25-19-12-16(9-10-21(19)28)33(31,32)26-15-6-4-5-14(24)11-15/h2-13,26,28H,1H3,(H,25,30). The summed E-state index contributed by atoms with van der Waals surface area (Å²) in [6.45, 7) is 0. The van der Waals surface area contributed by atoms with E-state index in [0.717, 1.165) is 12.1 Å². The minimum absolute atomic E-state index is 0.0958. The summed E-state index contributed by atoms with van der Waals surface area (Å²) >= 11 is 5.90. The highest BCUT2D eigenvalue weighted by atomic mass is 35.5. The van der Waals surface area contributed by atoms with Crippen LogP contribution in [0.2, 0.25) is 5.02 Å². The van der Waals surface area contributed by atoms with Crippen LogP contribution in [0, 0.1) is 0 Å². The first kappa shape index (κ1) is 22.4. The second kappa shape index (κ2) is 8.61. The van der Waals surface area contributed by atoms with Crippen LogP contribution in [-0.2, 0) is 17.1 Å². The van der Waals surface area contributed by atoms with Crippen LogP contribution in [0.25, 0.3) is 10.9 Å². The number of carbonyl (C=O) groups is 1. The van der Waals surface area contributed by atoms with E-state index in [4.69, 9.17) is 11.6 Å². The zero-order valence-electron chi connectivity index (χ0n) is 17.2. The molecule has 0 saturated carbocycles. The fraction of sp³-hybridized carbons (Fsp3) is 0.0435. The molecule has 0 aliphatic rings. The quantitative estimate of drug-likeness (QED) is 0.371. The number of para-hydroxylation sites is 1. The third-order valence-electron chi connectivity index (χ3n) is 5.00. The van der Waals surface area contributed by atoms with Gasteiger partial charge in [0.25, 0.3) is 21.5 Å². The predicted octanol–water partition coefficient (Wildman–Crippen LogP) is 3.95. The number of phenols is 1. The molecule has 3 aromatic carbocycles. The molecule has 168 valence electrons. The molecule has 0 radical (unpaired) electrons. The maximum absolute atomic E-state index is 13.0. The van der Waals surface area contributed by atoms with E-state index in [1.54, 1.807) is 43.4 Å². The maximum Gasteiger partial charge on any atom is 0.261 e. The van der Waals surface area contributed by atoms with E-state index in [1.165, 1.54) is 28.8 Å². The van der Waals surface area contributed by atoms with E-state index in [9.17, 15) is 23.1 Å². The number of hydrogen-bond donors (Lipinski definition) is 3. The summed E-state index contributed by atoms with van der Waals surface area (Å²) in [7, 11) is -2.44. The molecule has 0 spiro atoms. The van der Waals surface area contributed by atoms with Crippen LogP contribution in [0.1, 0.15) is 10.4 Å². The lowest BCUT2D eigenvalue weighted by atomic mass is 10.1. The van der Waals surface area contributed by atoms with Gasteiger partial charge in [-0.1, -0.05) is 35.9 Å². The topological polar surface area (TPSA) is 118 Å². The zero-order valence-corrected chi connectivity index (χ0v) is 18.8. The molecular weight excluding hydrogens is 466 g/mol. The number of benzene rings is 3. The van der Waals surface area contributed by atoms with Crippen molar-refractivity contribution in [1.29, 1.82) is 0 Å². The first-order valence-electron chi connectivity index (χ1n) is 9.67. The summed E-state index contributed by atoms with van der Waals surface area (Å²) in [6.07, 6.45) is 0. The molecule has 0 aliphatic carbocycles. The van der Waals surface area contributed by atoms with Gasteiger partial charge in [0.15, 0.2) is 0 Å². The molecule has 3 N–H and O–H groups in total. The van der Waals surface area contributed by atoms with Crippen LogP contribution in [0.3, 0.4) is 0 Å². The molecule has 0 atom stereocenters. The van der Waals surface area contributed by atoms with Gasteiger partial charge in [0.05, 0.1) is 27.4 Å². The highest BCUT2D eigenvalue weighted by Gasteiger charge is 2.19. The van der Waals surface area contributed by atoms with Crippen LogP contribution in [0.15, 0.2) is 82.5 Å². The first-order chi connectivity index (χ1) is 15.7. The van der Waals surface area contributed by atoms with Crippen molar-refractivity contribution in [1.82, 2.24) is 4.57 Å². The predicted molar refractivity (Wildman–Crippen MR) is 128 cm³/mol. The fourth-order valence-corrected chi connectivity index (χ4v) is 4.60. The van der Waals surface area contributed by atoms with Crippen LogP contribution in [0.5, 0.6) is 5.75 Å². The van der Waals surface area contributed by atoms with Crippen LogP contribution in [0.4, 0.5) is 11.4 Å². The lowest BCUT2D eigenvalue weighted by Crippen LogP contribution is -2.22. The van der Waals surface area contributed by atoms with Gasteiger partial charge in [-0.3, -0.25) is 14.3 Å². The van der Waals surface area contributed by atoms with E-state index < -0.39 is 15.9 Å². The van der Waals surface area contributed by atoms with E-state index in [1.807, 2.05) is 0 Å². The molecular formula is C23H18ClN3O5S. The highest BCUT2D eigenvalue weighted by Crippen LogP contribution is 2.29. The summed E-state index contributed by atoms with van der Waals surface area (Å²) < 4.78 is 29.4. The maximum atomic E-state index is 13.0. The Hall–Kier alpha value is -3.82. The van der Waals surface area contributed by atoms with Gasteiger partial charge in [0.2, 0.25) is 0 Å². The number of nitrogens with zero attached hydrogens (tertiary/aromatic N) is 1. The third kappa shape index (κ3) is 4.55. The van der Waals surface area contributed by atoms with E-state index in [-0.39, 0.29) is 33.1 Å². The van der Waals surface area contributed by atoms with Crippen molar-refractivity contribution >= 4 is 49.8 Å². The minimum atomic E-state index is -4.04. The Morgan fingerprint density at radius 2 is 1.76 bits per heavy atom. The summed E-state index contributed by atoms with van der Waals surface area (Å²) in [6, 6.07) is 17.7. The average Bonchev–Trinajstić information content (AvgIpc) is 2.77. The number of anilines is 2. The number of rotatable bonds is 5. The largest absolute Gasteiger partial charge is 0.506 e. The van der Waals surface area contributed by atoms with Crippen molar-refractivity contribution in [2.24, 2.45) is 7.05 Å². The van der Waals surface area contributed by atoms with Gasteiger partial charge in [-0.25, -0.2) is 8.42 Å². The first-order valence-corrected chi connectivity index (χ1v) is 11.5. The molecule has 0 fully saturated rings. The Morgan fingerprint density at radius 1 is 1.00 bits per heavy atom. The second-order valence-corrected chi connectivity index (χ2v) is 9.34. The van der Waals surface area contributed by atoms with Gasteiger partial charge < -0.3 is 15.0 Å². The molecule has 0 bridgehead atoms. The fourth-order valence-electron chi connectivity index (χ4n) is 3.34. The number of sulfonamides is 1. The highest BCUT2D eigenvalue weighted by molar-refractivity contribution is 7.92. The van der Waals surface area contributed by atoms with Gasteiger partial charge in [0.1, 0.15) is 5.75 Å². The third-order valence-corrected chi connectivity index (χ3v) is 6.62. The molecule has 0 unspecified atom stereocenters. The molecule has 33 heavy (non-hydrogen) atoms. The van der Waals surface area contributed by atoms with Crippen LogP contribution >= 0.6 is 11.6 Å². The number of aromatic hydroxyl groups is 1. The Kier molecular flexibility index (Phi) is 5.84. The van der Waals surface area contributed by atoms with E-state index in [2.05, 4.69) is 10.0 Å². The number of aryl methyl sites for hydroxylation is 1. The van der Waals surface area contributed by atoms with Gasteiger partial charge in [-0.15, -0.1) is 0 Å². The van der Waals surface area contributed by atoms with Crippen molar-refractivity contribution < 1.29 is 18.3 Å². The number of carbonyl (C=O) groups excluding carboxylic acids is 1. The summed E-state index contributed by atoms with van der Waals surface area (Å²) in [5.74, 6) is -1.00. The molecule has 4 aromatic rings. The molecule has 4 rings (SSSR count). The SMILES string of the molecule is Cn1c(=O)cc(C(=O)Nc2cc(S(=O)(=O)Nc3cccc(Cl)c3)ccc2O)c2ccccc21. The Balaban J connectivity index is 1.68. The number of halogens is 1. The van der Waals surface area contributed by atoms with Gasteiger partial charge >= 0.3 is 0 Å². The monoisotopic (exact) mass is 483 g/mol. The van der Waals surface area contributed by atoms with Gasteiger partial charge in [-0.2, -0.15) is 0 Å². The summed E-state index contributed by atoms with van der Waals surface area (Å²) in [5.41, 5.74) is 0.399. The molecule has 0 saturated heterocycles. The molecule has 1 aromatic heterocycles. The second-order valence-electron chi connectivity index (χ2n) is 7.22. The number of phenolic OH excluding ortho intramolecular Hbond substituents is 1. The molecule has 1 heterocycles. The lowest BCUT2D eigenvalue weighted by Gasteiger charge is -2.13. The van der Waals surface area contributed by atoms with Crippen molar-refractivity contribution in [3.05, 3.63) is 93.7 Å². The number of pyridine rings is 1. The normalized spacial score (nSPS) is 11.3. The number of aromatic nitrogens is 1. The van der Waals surface area contributed by atoms with Crippen molar-refractivity contribution in [2.75, 3.05) is 10.0 Å². The Labute approximate surface area is 194 Å². The van der Waals surface area contributed by atoms with Gasteiger partial charge in [-0.05, 0) is 42.5 Å². The molecule has 1 amide bonds. The Morgan fingerprint density at radius 3 is 2.52 bits per heavy atom. The average molecular weight is 484 g/mol. The van der Waals surface area contributed by atoms with E-state index in [0.29, 0.717) is 15.9 Å². The Bertz CT molecular complexity index is 1560. The van der Waals surface area contributed by atoms with Crippen molar-refractivity contribution in [3.8, 4) is 5.75 Å². The van der Waals surface area contributed by atoms with Crippen molar-refractivity contribution in [3.63, 3.8) is 0 Å². The molecule has 0 aliphatic heterocycles. The van der Waals surface area contributed by atoms with Gasteiger partial charge in [0, 0.05) is 23.5 Å². The minimum Gasteiger partial charge on any atom is -0.506 e. The number of fused-ring (bicyclic) bond motifs is 1. The number of nitrogens with one attached hydrogen (secondary N) is 2. The van der Waals surface area contributed by atoms with Crippen LogP contribution in [-0.4, -0.2) is 24.0 Å². The number of hydrogen-bond acceptors (Lipinski definition) is 5. The zero-order chi connectivity index (χ0) is 23.8. The molecule has 10 heteroatoms.